The van der Waals surface area contributed by atoms with Crippen molar-refractivity contribution in [1.82, 2.24) is 10.2 Å². The van der Waals surface area contributed by atoms with E-state index in [1.165, 1.54) is 5.56 Å². The summed E-state index contributed by atoms with van der Waals surface area (Å²) in [4.78, 5) is 14.6. The number of carbonyl (C=O) groups excluding carboxylic acids is 1. The Morgan fingerprint density at radius 2 is 1.79 bits per heavy atom. The Balaban J connectivity index is 1.49. The van der Waals surface area contributed by atoms with Crippen LogP contribution in [0.25, 0.3) is 0 Å². The average molecular weight is 349 g/mol. The maximum Gasteiger partial charge on any atom is 0.236 e. The molecule has 0 unspecified atom stereocenters. The largest absolute Gasteiger partial charge is 0.373 e. The third kappa shape index (κ3) is 4.32. The highest BCUT2D eigenvalue weighted by atomic mass is 32.2. The van der Waals surface area contributed by atoms with E-state index in [1.807, 2.05) is 6.26 Å². The van der Waals surface area contributed by atoms with Crippen molar-refractivity contribution >= 4 is 17.7 Å². The fourth-order valence-corrected chi connectivity index (χ4v) is 4.18. The van der Waals surface area contributed by atoms with Crippen LogP contribution in [0.2, 0.25) is 0 Å². The molecule has 132 valence electrons. The van der Waals surface area contributed by atoms with Crippen LogP contribution in [-0.2, 0) is 22.6 Å². The molecule has 5 heteroatoms. The van der Waals surface area contributed by atoms with Gasteiger partial charge < -0.3 is 10.1 Å². The van der Waals surface area contributed by atoms with E-state index in [0.717, 1.165) is 38.0 Å². The smallest absolute Gasteiger partial charge is 0.236 e. The third-order valence-corrected chi connectivity index (χ3v) is 6.26. The number of carbonyl (C=O) groups is 1. The Kier molecular flexibility index (Phi) is 5.52. The summed E-state index contributed by atoms with van der Waals surface area (Å²) < 4.78 is 5.65. The molecular weight excluding hydrogens is 320 g/mol. The summed E-state index contributed by atoms with van der Waals surface area (Å²) in [6.45, 7) is 7.82. The van der Waals surface area contributed by atoms with Crippen LogP contribution >= 0.6 is 11.8 Å². The molecule has 0 bridgehead atoms. The SMILES string of the molecule is CSC1(C(=O)NCc2ccc(CN3C[C@@H](C)O[C@@H](C)C3)cc2)CC1. The minimum absolute atomic E-state index is 0.135. The highest BCUT2D eigenvalue weighted by Crippen LogP contribution is 2.47. The number of amides is 1. The van der Waals surface area contributed by atoms with Crippen molar-refractivity contribution in [3.05, 3.63) is 35.4 Å². The van der Waals surface area contributed by atoms with Crippen molar-refractivity contribution in [2.24, 2.45) is 0 Å². The van der Waals surface area contributed by atoms with Gasteiger partial charge in [0.25, 0.3) is 0 Å². The summed E-state index contributed by atoms with van der Waals surface area (Å²) in [6.07, 6.45) is 4.64. The number of hydrogen-bond acceptors (Lipinski definition) is 4. The summed E-state index contributed by atoms with van der Waals surface area (Å²) in [5.41, 5.74) is 2.47. The molecule has 1 heterocycles. The molecule has 1 saturated carbocycles. The molecule has 0 radical (unpaired) electrons. The van der Waals surface area contributed by atoms with Crippen molar-refractivity contribution in [2.75, 3.05) is 19.3 Å². The van der Waals surface area contributed by atoms with E-state index in [1.54, 1.807) is 11.8 Å². The van der Waals surface area contributed by atoms with Gasteiger partial charge in [-0.05, 0) is 44.1 Å². The fourth-order valence-electron chi connectivity index (χ4n) is 3.42. The van der Waals surface area contributed by atoms with Gasteiger partial charge in [-0.1, -0.05) is 24.3 Å². The Morgan fingerprint density at radius 1 is 1.21 bits per heavy atom. The van der Waals surface area contributed by atoms with Gasteiger partial charge in [0.2, 0.25) is 5.91 Å². The van der Waals surface area contributed by atoms with Crippen LogP contribution in [0.1, 0.15) is 37.8 Å². The number of benzene rings is 1. The molecule has 1 aromatic rings. The zero-order valence-corrected chi connectivity index (χ0v) is 15.7. The molecule has 1 N–H and O–H groups in total. The molecule has 1 aromatic carbocycles. The lowest BCUT2D eigenvalue weighted by atomic mass is 10.1. The molecule has 0 aromatic heterocycles. The Hall–Kier alpha value is -1.04. The molecule has 24 heavy (non-hydrogen) atoms. The summed E-state index contributed by atoms with van der Waals surface area (Å²) in [6, 6.07) is 8.60. The Labute approximate surface area is 149 Å². The summed E-state index contributed by atoms with van der Waals surface area (Å²) in [5, 5.41) is 3.08. The number of ether oxygens (including phenoxy) is 1. The van der Waals surface area contributed by atoms with Gasteiger partial charge in [-0.15, -0.1) is 11.8 Å². The van der Waals surface area contributed by atoms with Crippen molar-refractivity contribution in [3.8, 4) is 0 Å². The van der Waals surface area contributed by atoms with Crippen LogP contribution in [0.15, 0.2) is 24.3 Å². The molecule has 2 fully saturated rings. The second kappa shape index (κ2) is 7.46. The van der Waals surface area contributed by atoms with Gasteiger partial charge in [0, 0.05) is 26.2 Å². The summed E-state index contributed by atoms with van der Waals surface area (Å²) >= 11 is 1.68. The first-order valence-electron chi connectivity index (χ1n) is 8.80. The lowest BCUT2D eigenvalue weighted by molar-refractivity contribution is -0.121. The first-order valence-corrected chi connectivity index (χ1v) is 10.0. The number of hydrogen-bond donors (Lipinski definition) is 1. The topological polar surface area (TPSA) is 41.6 Å². The third-order valence-electron chi connectivity index (χ3n) is 4.89. The molecule has 2 aliphatic rings. The minimum Gasteiger partial charge on any atom is -0.373 e. The summed E-state index contributed by atoms with van der Waals surface area (Å²) in [5.74, 6) is 0.190. The van der Waals surface area contributed by atoms with E-state index in [-0.39, 0.29) is 10.7 Å². The van der Waals surface area contributed by atoms with Gasteiger partial charge >= 0.3 is 0 Å². The van der Waals surface area contributed by atoms with Gasteiger partial charge in [-0.3, -0.25) is 9.69 Å². The lowest BCUT2D eigenvalue weighted by Crippen LogP contribution is -2.44. The predicted molar refractivity (Wildman–Crippen MR) is 99.1 cm³/mol. The zero-order chi connectivity index (χ0) is 17.2. The number of nitrogens with one attached hydrogen (secondary N) is 1. The normalized spacial score (nSPS) is 26.1. The minimum atomic E-state index is -0.135. The molecule has 1 aliphatic heterocycles. The van der Waals surface area contributed by atoms with E-state index in [2.05, 4.69) is 48.3 Å². The molecule has 1 amide bonds. The van der Waals surface area contributed by atoms with Gasteiger partial charge in [0.15, 0.2) is 0 Å². The second-order valence-electron chi connectivity index (χ2n) is 7.15. The van der Waals surface area contributed by atoms with Crippen LogP contribution in [0.5, 0.6) is 0 Å². The zero-order valence-electron chi connectivity index (χ0n) is 14.9. The monoisotopic (exact) mass is 348 g/mol. The first-order chi connectivity index (χ1) is 11.5. The second-order valence-corrected chi connectivity index (χ2v) is 8.34. The first kappa shape index (κ1) is 17.8. The van der Waals surface area contributed by atoms with Crippen LogP contribution in [0.3, 0.4) is 0 Å². The highest BCUT2D eigenvalue weighted by Gasteiger charge is 2.49. The van der Waals surface area contributed by atoms with Crippen molar-refractivity contribution in [1.29, 1.82) is 0 Å². The molecule has 1 aliphatic carbocycles. The van der Waals surface area contributed by atoms with Gasteiger partial charge in [-0.2, -0.15) is 0 Å². The fraction of sp³-hybridized carbons (Fsp3) is 0.632. The number of nitrogens with zero attached hydrogens (tertiary/aromatic N) is 1. The highest BCUT2D eigenvalue weighted by molar-refractivity contribution is 8.01. The van der Waals surface area contributed by atoms with E-state index < -0.39 is 0 Å². The maximum atomic E-state index is 12.2. The van der Waals surface area contributed by atoms with Crippen LogP contribution in [0, 0.1) is 0 Å². The van der Waals surface area contributed by atoms with Gasteiger partial charge in [0.05, 0.1) is 17.0 Å². The van der Waals surface area contributed by atoms with Crippen LogP contribution in [-0.4, -0.2) is 47.1 Å². The standard InChI is InChI=1S/C19H28N2O2S/c1-14-11-21(12-15(2)23-14)13-17-6-4-16(5-7-17)10-20-18(22)19(24-3)8-9-19/h4-7,14-15H,8-13H2,1-3H3,(H,20,22)/t14-,15+. The van der Waals surface area contributed by atoms with Crippen molar-refractivity contribution in [3.63, 3.8) is 0 Å². The van der Waals surface area contributed by atoms with Gasteiger partial charge in [-0.25, -0.2) is 0 Å². The van der Waals surface area contributed by atoms with Gasteiger partial charge in [0.1, 0.15) is 0 Å². The number of rotatable bonds is 6. The van der Waals surface area contributed by atoms with E-state index in [0.29, 0.717) is 18.8 Å². The number of morpholine rings is 1. The van der Waals surface area contributed by atoms with Crippen molar-refractivity contribution in [2.45, 2.75) is 56.7 Å². The quantitative estimate of drug-likeness (QED) is 0.858. The number of thioether (sulfide) groups is 1. The van der Waals surface area contributed by atoms with Crippen molar-refractivity contribution < 1.29 is 9.53 Å². The lowest BCUT2D eigenvalue weighted by Gasteiger charge is -2.35. The molecular formula is C19H28N2O2S. The molecule has 0 spiro atoms. The maximum absolute atomic E-state index is 12.2. The summed E-state index contributed by atoms with van der Waals surface area (Å²) in [7, 11) is 0. The molecule has 4 nitrogen and oxygen atoms in total. The van der Waals surface area contributed by atoms with E-state index >= 15 is 0 Å². The Morgan fingerprint density at radius 3 is 2.33 bits per heavy atom. The van der Waals surface area contributed by atoms with Crippen LogP contribution in [0.4, 0.5) is 0 Å². The Bertz CT molecular complexity index is 561. The van der Waals surface area contributed by atoms with Crippen LogP contribution < -0.4 is 5.32 Å². The molecule has 1 saturated heterocycles. The molecule has 2 atom stereocenters. The van der Waals surface area contributed by atoms with E-state index in [9.17, 15) is 4.79 Å². The predicted octanol–water partition coefficient (Wildman–Crippen LogP) is 2.81. The molecule has 3 rings (SSSR count). The van der Waals surface area contributed by atoms with E-state index in [4.69, 9.17) is 4.74 Å². The average Bonchev–Trinajstić information content (AvgIpc) is 3.34.